The number of hydrogen-bond donors (Lipinski definition) is 0. The van der Waals surface area contributed by atoms with Crippen LogP contribution >= 0.6 is 11.3 Å². The van der Waals surface area contributed by atoms with Crippen LogP contribution in [0, 0.1) is 6.92 Å². The lowest BCUT2D eigenvalue weighted by Gasteiger charge is -2.18. The fourth-order valence-corrected chi connectivity index (χ4v) is 2.88. The van der Waals surface area contributed by atoms with Gasteiger partial charge in [0.15, 0.2) is 6.61 Å². The molecular formula is C18H22N2O3S. The molecule has 0 aliphatic heterocycles. The summed E-state index contributed by atoms with van der Waals surface area (Å²) in [7, 11) is 5.66. The molecule has 0 saturated carbocycles. The maximum Gasteiger partial charge on any atom is 0.348 e. The van der Waals surface area contributed by atoms with E-state index in [1.54, 1.807) is 18.0 Å². The number of aryl methyl sites for hydroxylation is 1. The predicted molar refractivity (Wildman–Crippen MR) is 96.6 cm³/mol. The summed E-state index contributed by atoms with van der Waals surface area (Å²) >= 11 is 1.36. The summed E-state index contributed by atoms with van der Waals surface area (Å²) in [6.45, 7) is 2.15. The van der Waals surface area contributed by atoms with E-state index in [-0.39, 0.29) is 12.5 Å². The molecule has 0 saturated heterocycles. The van der Waals surface area contributed by atoms with Crippen molar-refractivity contribution < 1.29 is 14.3 Å². The molecule has 0 radical (unpaired) electrons. The first-order valence-electron chi connectivity index (χ1n) is 7.60. The van der Waals surface area contributed by atoms with Crippen molar-refractivity contribution in [2.75, 3.05) is 32.6 Å². The zero-order valence-corrected chi connectivity index (χ0v) is 15.2. The quantitative estimate of drug-likeness (QED) is 0.755. The highest BCUT2D eigenvalue weighted by molar-refractivity contribution is 7.13. The maximum atomic E-state index is 12.1. The van der Waals surface area contributed by atoms with Crippen molar-refractivity contribution in [2.24, 2.45) is 0 Å². The average Bonchev–Trinajstić information content (AvgIpc) is 2.99. The Morgan fingerprint density at radius 2 is 1.71 bits per heavy atom. The fourth-order valence-electron chi connectivity index (χ4n) is 2.11. The molecular weight excluding hydrogens is 324 g/mol. The predicted octanol–water partition coefficient (Wildman–Crippen LogP) is 2.94. The van der Waals surface area contributed by atoms with Gasteiger partial charge in [-0.05, 0) is 36.8 Å². The Hall–Kier alpha value is -2.34. The second-order valence-electron chi connectivity index (χ2n) is 5.80. The second kappa shape index (κ2) is 7.97. The number of likely N-dealkylation sites (N-methyl/N-ethyl adjacent to an activating group) is 1. The third-order valence-electron chi connectivity index (χ3n) is 3.57. The standard InChI is InChI=1S/C18H22N2O3S/c1-13-5-10-16(24-13)18(22)23-12-17(21)20(4)11-14-6-8-15(9-7-14)19(2)3/h5-10H,11-12H2,1-4H3. The van der Waals surface area contributed by atoms with Crippen LogP contribution in [0.4, 0.5) is 5.69 Å². The van der Waals surface area contributed by atoms with Gasteiger partial charge in [0.1, 0.15) is 4.88 Å². The van der Waals surface area contributed by atoms with Crippen molar-refractivity contribution in [3.8, 4) is 0 Å². The SMILES string of the molecule is Cc1ccc(C(=O)OCC(=O)N(C)Cc2ccc(N(C)C)cc2)s1. The largest absolute Gasteiger partial charge is 0.451 e. The summed E-state index contributed by atoms with van der Waals surface area (Å²) in [6.07, 6.45) is 0. The lowest BCUT2D eigenvalue weighted by Crippen LogP contribution is -2.30. The van der Waals surface area contributed by atoms with Gasteiger partial charge in [-0.15, -0.1) is 11.3 Å². The van der Waals surface area contributed by atoms with Crippen LogP contribution in [0.25, 0.3) is 0 Å². The van der Waals surface area contributed by atoms with Crippen LogP contribution in [0.5, 0.6) is 0 Å². The van der Waals surface area contributed by atoms with E-state index in [4.69, 9.17) is 4.74 Å². The van der Waals surface area contributed by atoms with Crippen molar-refractivity contribution in [2.45, 2.75) is 13.5 Å². The van der Waals surface area contributed by atoms with Gasteiger partial charge in [-0.25, -0.2) is 4.79 Å². The lowest BCUT2D eigenvalue weighted by molar-refractivity contribution is -0.133. The molecule has 1 amide bonds. The molecule has 0 unspecified atom stereocenters. The zero-order valence-electron chi connectivity index (χ0n) is 14.4. The second-order valence-corrected chi connectivity index (χ2v) is 7.09. The van der Waals surface area contributed by atoms with E-state index in [2.05, 4.69) is 0 Å². The molecule has 2 rings (SSSR count). The van der Waals surface area contributed by atoms with Crippen molar-refractivity contribution >= 4 is 28.9 Å². The number of ether oxygens (including phenoxy) is 1. The first-order chi connectivity index (χ1) is 11.4. The van der Waals surface area contributed by atoms with E-state index < -0.39 is 5.97 Å². The number of esters is 1. The number of amides is 1. The van der Waals surface area contributed by atoms with Crippen LogP contribution in [0.3, 0.4) is 0 Å². The summed E-state index contributed by atoms with van der Waals surface area (Å²) in [5.74, 6) is -0.682. The minimum Gasteiger partial charge on any atom is -0.451 e. The van der Waals surface area contributed by atoms with Gasteiger partial charge >= 0.3 is 5.97 Å². The van der Waals surface area contributed by atoms with Crippen molar-refractivity contribution in [1.29, 1.82) is 0 Å². The average molecular weight is 346 g/mol. The van der Waals surface area contributed by atoms with Crippen molar-refractivity contribution in [3.05, 3.63) is 51.7 Å². The Morgan fingerprint density at radius 3 is 2.25 bits per heavy atom. The highest BCUT2D eigenvalue weighted by Gasteiger charge is 2.15. The first kappa shape index (κ1) is 18.0. The minimum absolute atomic E-state index is 0.228. The lowest BCUT2D eigenvalue weighted by atomic mass is 10.2. The van der Waals surface area contributed by atoms with Crippen LogP contribution in [-0.4, -0.2) is 44.5 Å². The number of carbonyl (C=O) groups is 2. The summed E-state index contributed by atoms with van der Waals surface area (Å²) in [5.41, 5.74) is 2.13. The highest BCUT2D eigenvalue weighted by Crippen LogP contribution is 2.16. The zero-order chi connectivity index (χ0) is 17.7. The van der Waals surface area contributed by atoms with Gasteiger partial charge in [0, 0.05) is 38.3 Å². The van der Waals surface area contributed by atoms with E-state index in [1.807, 2.05) is 56.3 Å². The number of anilines is 1. The van der Waals surface area contributed by atoms with Crippen LogP contribution in [0.2, 0.25) is 0 Å². The Labute approximate surface area is 146 Å². The maximum absolute atomic E-state index is 12.1. The van der Waals surface area contributed by atoms with Gasteiger partial charge in [0.05, 0.1) is 0 Å². The molecule has 1 heterocycles. The number of hydrogen-bond acceptors (Lipinski definition) is 5. The Morgan fingerprint density at radius 1 is 1.04 bits per heavy atom. The molecule has 0 bridgehead atoms. The van der Waals surface area contributed by atoms with Crippen LogP contribution in [-0.2, 0) is 16.1 Å². The first-order valence-corrected chi connectivity index (χ1v) is 8.42. The normalized spacial score (nSPS) is 10.3. The molecule has 0 aliphatic carbocycles. The number of benzene rings is 1. The Balaban J connectivity index is 1.84. The molecule has 128 valence electrons. The molecule has 24 heavy (non-hydrogen) atoms. The summed E-state index contributed by atoms with van der Waals surface area (Å²) in [6, 6.07) is 11.5. The molecule has 0 N–H and O–H groups in total. The Bertz CT molecular complexity index is 707. The molecule has 0 spiro atoms. The van der Waals surface area contributed by atoms with Gasteiger partial charge in [0.25, 0.3) is 5.91 Å². The van der Waals surface area contributed by atoms with Gasteiger partial charge in [0.2, 0.25) is 0 Å². The number of thiophene rings is 1. The van der Waals surface area contributed by atoms with E-state index in [0.717, 1.165) is 16.1 Å². The summed E-state index contributed by atoms with van der Waals surface area (Å²) < 4.78 is 5.09. The van der Waals surface area contributed by atoms with E-state index >= 15 is 0 Å². The van der Waals surface area contributed by atoms with Crippen molar-refractivity contribution in [1.82, 2.24) is 4.90 Å². The third-order valence-corrected chi connectivity index (χ3v) is 4.55. The topological polar surface area (TPSA) is 49.9 Å². The minimum atomic E-state index is -0.454. The van der Waals surface area contributed by atoms with E-state index in [1.165, 1.54) is 11.3 Å². The summed E-state index contributed by atoms with van der Waals surface area (Å²) in [4.78, 5) is 29.1. The smallest absolute Gasteiger partial charge is 0.348 e. The molecule has 2 aromatic rings. The summed E-state index contributed by atoms with van der Waals surface area (Å²) in [5, 5.41) is 0. The third kappa shape index (κ3) is 4.83. The van der Waals surface area contributed by atoms with Crippen molar-refractivity contribution in [3.63, 3.8) is 0 Å². The Kier molecular flexibility index (Phi) is 5.98. The molecule has 6 heteroatoms. The molecule has 5 nitrogen and oxygen atoms in total. The monoisotopic (exact) mass is 346 g/mol. The molecule has 0 fully saturated rings. The van der Waals surface area contributed by atoms with Gasteiger partial charge in [-0.2, -0.15) is 0 Å². The van der Waals surface area contributed by atoms with E-state index in [9.17, 15) is 9.59 Å². The van der Waals surface area contributed by atoms with Crippen LogP contribution in [0.1, 0.15) is 20.1 Å². The number of rotatable bonds is 6. The fraction of sp³-hybridized carbons (Fsp3) is 0.333. The number of carbonyl (C=O) groups excluding carboxylic acids is 2. The van der Waals surface area contributed by atoms with E-state index in [0.29, 0.717) is 11.4 Å². The molecule has 1 aromatic heterocycles. The van der Waals surface area contributed by atoms with Crippen LogP contribution < -0.4 is 4.90 Å². The van der Waals surface area contributed by atoms with Gasteiger partial charge < -0.3 is 14.5 Å². The van der Waals surface area contributed by atoms with Crippen LogP contribution in [0.15, 0.2) is 36.4 Å². The van der Waals surface area contributed by atoms with Gasteiger partial charge in [-0.1, -0.05) is 12.1 Å². The highest BCUT2D eigenvalue weighted by atomic mass is 32.1. The van der Waals surface area contributed by atoms with Gasteiger partial charge in [-0.3, -0.25) is 4.79 Å². The molecule has 0 aliphatic rings. The molecule has 1 aromatic carbocycles. The molecule has 0 atom stereocenters. The number of nitrogens with zero attached hydrogens (tertiary/aromatic N) is 2.